The highest BCUT2D eigenvalue weighted by Crippen LogP contribution is 2.35. The van der Waals surface area contributed by atoms with Gasteiger partial charge in [-0.3, -0.25) is 0 Å². The Morgan fingerprint density at radius 1 is 1.24 bits per heavy atom. The van der Waals surface area contributed by atoms with Gasteiger partial charge in [0.05, 0.1) is 0 Å². The first kappa shape index (κ1) is 12.0. The molecular formula is C13H20N2O2. The van der Waals surface area contributed by atoms with Crippen molar-refractivity contribution in [2.24, 2.45) is 5.73 Å². The molecule has 2 N–H and O–H groups in total. The van der Waals surface area contributed by atoms with Crippen LogP contribution in [0.3, 0.4) is 0 Å². The van der Waals surface area contributed by atoms with E-state index in [-0.39, 0.29) is 0 Å². The summed E-state index contributed by atoms with van der Waals surface area (Å²) in [5, 5.41) is 0. The van der Waals surface area contributed by atoms with E-state index < -0.39 is 0 Å². The Hall–Kier alpha value is -1.42. The van der Waals surface area contributed by atoms with Gasteiger partial charge in [0.1, 0.15) is 0 Å². The fraction of sp³-hybridized carbons (Fsp3) is 0.538. The van der Waals surface area contributed by atoms with Crippen LogP contribution in [0.2, 0.25) is 0 Å². The largest absolute Gasteiger partial charge is 0.454 e. The number of anilines is 1. The molecule has 0 radical (unpaired) electrons. The first-order chi connectivity index (χ1) is 8.35. The fourth-order valence-corrected chi connectivity index (χ4v) is 1.96. The number of nitrogens with zero attached hydrogens (tertiary/aromatic N) is 1. The predicted molar refractivity (Wildman–Crippen MR) is 68.7 cm³/mol. The van der Waals surface area contributed by atoms with Crippen LogP contribution in [-0.2, 0) is 0 Å². The Morgan fingerprint density at radius 3 is 2.82 bits per heavy atom. The number of hydrogen-bond acceptors (Lipinski definition) is 4. The lowest BCUT2D eigenvalue weighted by atomic mass is 10.2. The van der Waals surface area contributed by atoms with Gasteiger partial charge in [-0.25, -0.2) is 0 Å². The molecule has 0 saturated heterocycles. The van der Waals surface area contributed by atoms with Crippen molar-refractivity contribution < 1.29 is 9.47 Å². The number of rotatable bonds is 6. The third-order valence-electron chi connectivity index (χ3n) is 2.90. The van der Waals surface area contributed by atoms with Crippen LogP contribution in [0.15, 0.2) is 18.2 Å². The summed E-state index contributed by atoms with van der Waals surface area (Å²) in [6.45, 7) is 5.09. The molecule has 17 heavy (non-hydrogen) atoms. The van der Waals surface area contributed by atoms with E-state index in [1.165, 1.54) is 12.8 Å². The van der Waals surface area contributed by atoms with Crippen molar-refractivity contribution in [1.82, 2.24) is 0 Å². The van der Waals surface area contributed by atoms with E-state index in [0.29, 0.717) is 13.3 Å². The number of benzene rings is 1. The first-order valence-corrected chi connectivity index (χ1v) is 6.20. The third-order valence-corrected chi connectivity index (χ3v) is 2.90. The maximum absolute atomic E-state index is 5.65. The number of unbranched alkanes of at least 4 members (excludes halogenated alkanes) is 1. The van der Waals surface area contributed by atoms with E-state index in [9.17, 15) is 0 Å². The molecule has 1 aliphatic heterocycles. The van der Waals surface area contributed by atoms with Gasteiger partial charge in [0.15, 0.2) is 11.5 Å². The lowest BCUT2D eigenvalue weighted by Gasteiger charge is -2.24. The quantitative estimate of drug-likeness (QED) is 0.820. The molecule has 1 aromatic rings. The maximum Gasteiger partial charge on any atom is 0.231 e. The van der Waals surface area contributed by atoms with Crippen molar-refractivity contribution in [2.75, 3.05) is 31.3 Å². The maximum atomic E-state index is 5.65. The van der Waals surface area contributed by atoms with E-state index in [1.807, 2.05) is 12.1 Å². The van der Waals surface area contributed by atoms with E-state index in [0.717, 1.165) is 30.3 Å². The third kappa shape index (κ3) is 2.82. The molecule has 0 unspecified atom stereocenters. The summed E-state index contributed by atoms with van der Waals surface area (Å²) in [5.41, 5.74) is 6.81. The highest BCUT2D eigenvalue weighted by Gasteiger charge is 2.15. The summed E-state index contributed by atoms with van der Waals surface area (Å²) in [4.78, 5) is 2.30. The lowest BCUT2D eigenvalue weighted by molar-refractivity contribution is 0.174. The van der Waals surface area contributed by atoms with Crippen LogP contribution >= 0.6 is 0 Å². The first-order valence-electron chi connectivity index (χ1n) is 6.20. The molecule has 0 bridgehead atoms. The second-order valence-corrected chi connectivity index (χ2v) is 4.17. The molecule has 0 fully saturated rings. The second kappa shape index (κ2) is 5.77. The molecule has 0 saturated carbocycles. The van der Waals surface area contributed by atoms with Gasteiger partial charge in [-0.2, -0.15) is 0 Å². The molecule has 0 spiro atoms. The number of fused-ring (bicyclic) bond motifs is 1. The smallest absolute Gasteiger partial charge is 0.231 e. The van der Waals surface area contributed by atoms with Gasteiger partial charge in [0.2, 0.25) is 6.79 Å². The molecule has 1 aromatic carbocycles. The van der Waals surface area contributed by atoms with Crippen molar-refractivity contribution in [3.63, 3.8) is 0 Å². The van der Waals surface area contributed by atoms with Gasteiger partial charge in [0.25, 0.3) is 0 Å². The van der Waals surface area contributed by atoms with Crippen molar-refractivity contribution in [1.29, 1.82) is 0 Å². The zero-order chi connectivity index (χ0) is 12.1. The number of ether oxygens (including phenoxy) is 2. The van der Waals surface area contributed by atoms with E-state index >= 15 is 0 Å². The molecule has 4 nitrogen and oxygen atoms in total. The molecule has 2 rings (SSSR count). The SMILES string of the molecule is CCCCN(CCN)c1ccc2c(c1)OCO2. The van der Waals surface area contributed by atoms with Crippen LogP contribution in [0.25, 0.3) is 0 Å². The van der Waals surface area contributed by atoms with E-state index in [4.69, 9.17) is 15.2 Å². The highest BCUT2D eigenvalue weighted by molar-refractivity contribution is 5.57. The van der Waals surface area contributed by atoms with Crippen molar-refractivity contribution >= 4 is 5.69 Å². The summed E-state index contributed by atoms with van der Waals surface area (Å²) < 4.78 is 10.7. The summed E-state index contributed by atoms with van der Waals surface area (Å²) in [7, 11) is 0. The molecule has 4 heteroatoms. The van der Waals surface area contributed by atoms with Crippen LogP contribution in [0.4, 0.5) is 5.69 Å². The number of nitrogens with two attached hydrogens (primary N) is 1. The molecule has 1 heterocycles. The minimum absolute atomic E-state index is 0.324. The minimum atomic E-state index is 0.324. The van der Waals surface area contributed by atoms with Gasteiger partial charge < -0.3 is 20.1 Å². The van der Waals surface area contributed by atoms with Crippen LogP contribution in [-0.4, -0.2) is 26.4 Å². The Balaban J connectivity index is 2.11. The van der Waals surface area contributed by atoms with Gasteiger partial charge in [-0.05, 0) is 18.6 Å². The Bertz CT molecular complexity index is 368. The normalized spacial score (nSPS) is 12.8. The molecule has 0 aliphatic carbocycles. The highest BCUT2D eigenvalue weighted by atomic mass is 16.7. The Morgan fingerprint density at radius 2 is 2.06 bits per heavy atom. The van der Waals surface area contributed by atoms with Crippen molar-refractivity contribution in [3.8, 4) is 11.5 Å². The van der Waals surface area contributed by atoms with E-state index in [1.54, 1.807) is 0 Å². The average Bonchev–Trinajstić information content (AvgIpc) is 2.81. The van der Waals surface area contributed by atoms with Crippen LogP contribution in [0, 0.1) is 0 Å². The zero-order valence-electron chi connectivity index (χ0n) is 10.3. The summed E-state index contributed by atoms with van der Waals surface area (Å²) in [5.74, 6) is 1.66. The van der Waals surface area contributed by atoms with Gasteiger partial charge in [-0.15, -0.1) is 0 Å². The Labute approximate surface area is 102 Å². The summed E-state index contributed by atoms with van der Waals surface area (Å²) in [6.07, 6.45) is 2.36. The molecule has 0 amide bonds. The Kier molecular flexibility index (Phi) is 4.09. The van der Waals surface area contributed by atoms with Gasteiger partial charge in [-0.1, -0.05) is 13.3 Å². The standard InChI is InChI=1S/C13H20N2O2/c1-2-3-7-15(8-6-14)11-4-5-12-13(9-11)17-10-16-12/h4-5,9H,2-3,6-8,10,14H2,1H3. The predicted octanol–water partition coefficient (Wildman–Crippen LogP) is 1.98. The minimum Gasteiger partial charge on any atom is -0.454 e. The van der Waals surface area contributed by atoms with Crippen LogP contribution in [0.1, 0.15) is 19.8 Å². The second-order valence-electron chi connectivity index (χ2n) is 4.17. The zero-order valence-corrected chi connectivity index (χ0v) is 10.3. The summed E-state index contributed by atoms with van der Waals surface area (Å²) in [6, 6.07) is 6.07. The molecule has 0 aromatic heterocycles. The number of hydrogen-bond donors (Lipinski definition) is 1. The molecular weight excluding hydrogens is 216 g/mol. The van der Waals surface area contributed by atoms with Crippen molar-refractivity contribution in [2.45, 2.75) is 19.8 Å². The summed E-state index contributed by atoms with van der Waals surface area (Å²) >= 11 is 0. The van der Waals surface area contributed by atoms with Gasteiger partial charge in [0, 0.05) is 31.4 Å². The average molecular weight is 236 g/mol. The fourth-order valence-electron chi connectivity index (χ4n) is 1.96. The molecule has 0 atom stereocenters. The van der Waals surface area contributed by atoms with E-state index in [2.05, 4.69) is 17.9 Å². The molecule has 94 valence electrons. The van der Waals surface area contributed by atoms with Crippen molar-refractivity contribution in [3.05, 3.63) is 18.2 Å². The van der Waals surface area contributed by atoms with Crippen LogP contribution in [0.5, 0.6) is 11.5 Å². The topological polar surface area (TPSA) is 47.7 Å². The van der Waals surface area contributed by atoms with Crippen LogP contribution < -0.4 is 20.1 Å². The molecule has 1 aliphatic rings. The van der Waals surface area contributed by atoms with Gasteiger partial charge >= 0.3 is 0 Å². The lowest BCUT2D eigenvalue weighted by Crippen LogP contribution is -2.30. The monoisotopic (exact) mass is 236 g/mol.